The summed E-state index contributed by atoms with van der Waals surface area (Å²) in [5, 5.41) is 6.98. The van der Waals surface area contributed by atoms with Crippen LogP contribution in [-0.2, 0) is 13.1 Å². The number of likely N-dealkylation sites (tertiary alicyclic amines) is 1. The van der Waals surface area contributed by atoms with Crippen LogP contribution in [0.15, 0.2) is 47.5 Å². The van der Waals surface area contributed by atoms with E-state index in [0.29, 0.717) is 24.1 Å². The van der Waals surface area contributed by atoms with E-state index in [-0.39, 0.29) is 0 Å². The first-order valence-electron chi connectivity index (χ1n) is 11.3. The van der Waals surface area contributed by atoms with Crippen molar-refractivity contribution in [3.63, 3.8) is 0 Å². The predicted octanol–water partition coefficient (Wildman–Crippen LogP) is 3.43. The fraction of sp³-hybridized carbons (Fsp3) is 0.480. The second kappa shape index (κ2) is 12.2. The second-order valence-corrected chi connectivity index (χ2v) is 7.89. The summed E-state index contributed by atoms with van der Waals surface area (Å²) in [5.41, 5.74) is 2.32. The molecule has 7 heteroatoms. The quantitative estimate of drug-likeness (QED) is 0.460. The van der Waals surface area contributed by atoms with Crippen LogP contribution in [0.5, 0.6) is 17.2 Å². The van der Waals surface area contributed by atoms with Crippen molar-refractivity contribution >= 4 is 5.96 Å². The van der Waals surface area contributed by atoms with Crippen molar-refractivity contribution in [3.8, 4) is 17.2 Å². The van der Waals surface area contributed by atoms with Gasteiger partial charge in [-0.3, -0.25) is 4.90 Å². The van der Waals surface area contributed by atoms with Gasteiger partial charge < -0.3 is 24.8 Å². The minimum Gasteiger partial charge on any atom is -0.496 e. The van der Waals surface area contributed by atoms with Crippen LogP contribution in [0.3, 0.4) is 0 Å². The van der Waals surface area contributed by atoms with E-state index in [1.807, 2.05) is 12.1 Å². The molecule has 1 heterocycles. The first-order valence-corrected chi connectivity index (χ1v) is 11.3. The van der Waals surface area contributed by atoms with Gasteiger partial charge in [-0.2, -0.15) is 0 Å². The second-order valence-electron chi connectivity index (χ2n) is 7.89. The summed E-state index contributed by atoms with van der Waals surface area (Å²) < 4.78 is 16.4. The molecule has 174 valence electrons. The molecule has 0 aliphatic carbocycles. The molecule has 0 spiro atoms. The molecule has 0 radical (unpaired) electrons. The molecule has 0 unspecified atom stereocenters. The highest BCUT2D eigenvalue weighted by Gasteiger charge is 2.20. The van der Waals surface area contributed by atoms with Crippen LogP contribution in [-0.4, -0.2) is 57.9 Å². The van der Waals surface area contributed by atoms with Gasteiger partial charge in [0.15, 0.2) is 17.5 Å². The van der Waals surface area contributed by atoms with Gasteiger partial charge in [0.2, 0.25) is 0 Å². The summed E-state index contributed by atoms with van der Waals surface area (Å²) in [6.45, 7) is 6.54. The monoisotopic (exact) mass is 440 g/mol. The Kier molecular flexibility index (Phi) is 9.04. The van der Waals surface area contributed by atoms with E-state index in [2.05, 4.69) is 52.8 Å². The fourth-order valence-corrected chi connectivity index (χ4v) is 3.97. The lowest BCUT2D eigenvalue weighted by atomic mass is 10.0. The van der Waals surface area contributed by atoms with Gasteiger partial charge in [0.05, 0.1) is 27.9 Å². The van der Waals surface area contributed by atoms with Gasteiger partial charge in [0.25, 0.3) is 0 Å². The molecule has 2 N–H and O–H groups in total. The molecule has 3 rings (SSSR count). The van der Waals surface area contributed by atoms with Crippen molar-refractivity contribution in [2.75, 3.05) is 41.0 Å². The summed E-state index contributed by atoms with van der Waals surface area (Å²) in [6.07, 6.45) is 2.19. The summed E-state index contributed by atoms with van der Waals surface area (Å²) in [5.74, 6) is 2.87. The molecule has 1 aliphatic heterocycles. The van der Waals surface area contributed by atoms with Gasteiger partial charge in [-0.15, -0.1) is 0 Å². The van der Waals surface area contributed by atoms with Crippen molar-refractivity contribution in [2.45, 2.75) is 38.9 Å². The molecular weight excluding hydrogens is 404 g/mol. The normalized spacial score (nSPS) is 15.3. The molecule has 1 aliphatic rings. The smallest absolute Gasteiger partial charge is 0.191 e. The first-order chi connectivity index (χ1) is 15.7. The Labute approximate surface area is 191 Å². The third-order valence-electron chi connectivity index (χ3n) is 5.72. The molecular formula is C25H36N4O3. The van der Waals surface area contributed by atoms with Gasteiger partial charge in [0.1, 0.15) is 5.75 Å². The molecule has 0 bridgehead atoms. The number of hydrogen-bond acceptors (Lipinski definition) is 5. The Morgan fingerprint density at radius 1 is 0.969 bits per heavy atom. The Morgan fingerprint density at radius 2 is 1.62 bits per heavy atom. The number of ether oxygens (including phenoxy) is 3. The number of hydrogen-bond donors (Lipinski definition) is 2. The van der Waals surface area contributed by atoms with Crippen LogP contribution in [0.2, 0.25) is 0 Å². The zero-order valence-corrected chi connectivity index (χ0v) is 19.7. The maximum absolute atomic E-state index is 5.54. The van der Waals surface area contributed by atoms with Crippen LogP contribution in [0.4, 0.5) is 0 Å². The molecule has 0 atom stereocenters. The van der Waals surface area contributed by atoms with Gasteiger partial charge >= 0.3 is 0 Å². The van der Waals surface area contributed by atoms with E-state index >= 15 is 0 Å². The summed E-state index contributed by atoms with van der Waals surface area (Å²) in [6, 6.07) is 14.8. The average Bonchev–Trinajstić information content (AvgIpc) is 2.84. The fourth-order valence-electron chi connectivity index (χ4n) is 3.97. The number of rotatable bonds is 9. The van der Waals surface area contributed by atoms with E-state index in [9.17, 15) is 0 Å². The minimum atomic E-state index is 0.409. The maximum atomic E-state index is 5.54. The molecule has 2 aromatic rings. The lowest BCUT2D eigenvalue weighted by Crippen LogP contribution is -2.48. The number of nitrogens with one attached hydrogen (secondary N) is 2. The number of methoxy groups -OCH3 is 3. The van der Waals surface area contributed by atoms with Gasteiger partial charge in [-0.05, 0) is 31.4 Å². The van der Waals surface area contributed by atoms with Crippen LogP contribution in [0.25, 0.3) is 0 Å². The van der Waals surface area contributed by atoms with E-state index in [0.717, 1.165) is 56.3 Å². The number of benzene rings is 2. The Balaban J connectivity index is 1.60. The van der Waals surface area contributed by atoms with Crippen LogP contribution in [0.1, 0.15) is 30.9 Å². The number of nitrogens with zero attached hydrogens (tertiary/aromatic N) is 2. The lowest BCUT2D eigenvalue weighted by Gasteiger charge is -2.33. The standard InChI is InChI=1S/C25H36N4O3/c1-5-26-25(27-17-20-15-23(31-3)24(32-4)16-22(20)30-2)28-21-11-13-29(14-12-21)18-19-9-7-6-8-10-19/h6-10,15-16,21H,5,11-14,17-18H2,1-4H3,(H2,26,27,28). The SMILES string of the molecule is CCNC(=NCc1cc(OC)c(OC)cc1OC)NC1CCN(Cc2ccccc2)CC1. The molecule has 32 heavy (non-hydrogen) atoms. The third kappa shape index (κ3) is 6.53. The highest BCUT2D eigenvalue weighted by Crippen LogP contribution is 2.34. The molecule has 2 aromatic carbocycles. The largest absolute Gasteiger partial charge is 0.496 e. The zero-order valence-electron chi connectivity index (χ0n) is 19.7. The highest BCUT2D eigenvalue weighted by molar-refractivity contribution is 5.80. The molecule has 1 saturated heterocycles. The predicted molar refractivity (Wildman–Crippen MR) is 129 cm³/mol. The third-order valence-corrected chi connectivity index (χ3v) is 5.72. The molecule has 0 aromatic heterocycles. The van der Waals surface area contributed by atoms with Crippen LogP contribution >= 0.6 is 0 Å². The summed E-state index contributed by atoms with van der Waals surface area (Å²) in [4.78, 5) is 7.33. The minimum absolute atomic E-state index is 0.409. The first kappa shape index (κ1) is 23.7. The summed E-state index contributed by atoms with van der Waals surface area (Å²) in [7, 11) is 4.90. The van der Waals surface area contributed by atoms with E-state index in [1.165, 1.54) is 5.56 Å². The van der Waals surface area contributed by atoms with Crippen molar-refractivity contribution in [1.29, 1.82) is 0 Å². The van der Waals surface area contributed by atoms with Gasteiger partial charge in [-0.25, -0.2) is 4.99 Å². The Bertz CT molecular complexity index is 865. The zero-order chi connectivity index (χ0) is 22.8. The van der Waals surface area contributed by atoms with Gasteiger partial charge in [-0.1, -0.05) is 30.3 Å². The van der Waals surface area contributed by atoms with Crippen molar-refractivity contribution in [1.82, 2.24) is 15.5 Å². The Hall–Kier alpha value is -2.93. The topological polar surface area (TPSA) is 67.4 Å². The number of piperidine rings is 1. The van der Waals surface area contributed by atoms with Crippen LogP contribution < -0.4 is 24.8 Å². The Morgan fingerprint density at radius 3 is 2.25 bits per heavy atom. The molecule has 1 fully saturated rings. The van der Waals surface area contributed by atoms with Crippen molar-refractivity contribution in [2.24, 2.45) is 4.99 Å². The molecule has 0 saturated carbocycles. The highest BCUT2D eigenvalue weighted by atomic mass is 16.5. The van der Waals surface area contributed by atoms with Gasteiger partial charge in [0, 0.05) is 43.9 Å². The number of aliphatic imine (C=N–C) groups is 1. The maximum Gasteiger partial charge on any atom is 0.191 e. The summed E-state index contributed by atoms with van der Waals surface area (Å²) >= 11 is 0. The van der Waals surface area contributed by atoms with E-state index < -0.39 is 0 Å². The molecule has 0 amide bonds. The van der Waals surface area contributed by atoms with Crippen molar-refractivity contribution in [3.05, 3.63) is 53.6 Å². The van der Waals surface area contributed by atoms with E-state index in [4.69, 9.17) is 19.2 Å². The number of guanidine groups is 1. The van der Waals surface area contributed by atoms with Crippen molar-refractivity contribution < 1.29 is 14.2 Å². The van der Waals surface area contributed by atoms with Crippen LogP contribution in [0, 0.1) is 0 Å². The average molecular weight is 441 g/mol. The lowest BCUT2D eigenvalue weighted by molar-refractivity contribution is 0.198. The van der Waals surface area contributed by atoms with E-state index in [1.54, 1.807) is 21.3 Å². The molecule has 7 nitrogen and oxygen atoms in total.